The molecule has 36 heavy (non-hydrogen) atoms. The zero-order valence-corrected chi connectivity index (χ0v) is 21.4. The fraction of sp³-hybridized carbons (Fsp3) is 0.385. The van der Waals surface area contributed by atoms with Crippen LogP contribution in [0.3, 0.4) is 0 Å². The number of likely N-dealkylation sites (tertiary alicyclic amines) is 1. The lowest BCUT2D eigenvalue weighted by molar-refractivity contribution is 0.0731. The molecule has 1 fully saturated rings. The first kappa shape index (κ1) is 24.4. The lowest BCUT2D eigenvalue weighted by Gasteiger charge is -2.36. The van der Waals surface area contributed by atoms with Crippen molar-refractivity contribution in [2.75, 3.05) is 26.8 Å². The average Bonchev–Trinajstić information content (AvgIpc) is 3.49. The molecule has 0 unspecified atom stereocenters. The van der Waals surface area contributed by atoms with Crippen molar-refractivity contribution in [1.82, 2.24) is 29.3 Å². The van der Waals surface area contributed by atoms with Gasteiger partial charge in [-0.25, -0.2) is 13.9 Å². The fourth-order valence-corrected chi connectivity index (χ4v) is 5.91. The molecule has 5 rings (SSSR count). The summed E-state index contributed by atoms with van der Waals surface area (Å²) in [5.74, 6) is -0.403. The number of aromatic nitrogens is 5. The predicted octanol–water partition coefficient (Wildman–Crippen LogP) is 4.74. The van der Waals surface area contributed by atoms with Crippen LogP contribution in [0.2, 0.25) is 0 Å². The zero-order chi connectivity index (χ0) is 25.2. The molecule has 0 aliphatic carbocycles. The minimum atomic E-state index is -0.403. The molecule has 1 saturated heterocycles. The maximum absolute atomic E-state index is 14.4. The second kappa shape index (κ2) is 10.4. The molecule has 5 heterocycles. The molecule has 0 radical (unpaired) electrons. The van der Waals surface area contributed by atoms with Crippen LogP contribution in [0.15, 0.2) is 52.9 Å². The molecule has 0 saturated carbocycles. The highest BCUT2D eigenvalue weighted by atomic mass is 32.2. The number of pyridine rings is 2. The third kappa shape index (κ3) is 4.62. The van der Waals surface area contributed by atoms with Crippen molar-refractivity contribution < 1.29 is 9.13 Å². The zero-order valence-electron chi connectivity index (χ0n) is 20.6. The molecule has 1 aliphatic rings. The van der Waals surface area contributed by atoms with Gasteiger partial charge in [0.05, 0.1) is 36.1 Å². The highest BCUT2D eigenvalue weighted by molar-refractivity contribution is 7.99. The molecule has 10 heteroatoms. The first-order valence-electron chi connectivity index (χ1n) is 12.0. The first-order valence-corrected chi connectivity index (χ1v) is 12.8. The molecule has 0 N–H and O–H groups in total. The second-order valence-electron chi connectivity index (χ2n) is 9.11. The van der Waals surface area contributed by atoms with Gasteiger partial charge in [0.25, 0.3) is 0 Å². The normalized spacial score (nSPS) is 15.9. The molecule has 186 valence electrons. The van der Waals surface area contributed by atoms with Gasteiger partial charge in [0, 0.05) is 60.4 Å². The third-order valence-corrected chi connectivity index (χ3v) is 7.89. The number of ether oxygens (including phenoxy) is 1. The number of rotatable bonds is 7. The van der Waals surface area contributed by atoms with Gasteiger partial charge in [0.1, 0.15) is 11.1 Å². The van der Waals surface area contributed by atoms with Gasteiger partial charge in [0.2, 0.25) is 0 Å². The van der Waals surface area contributed by atoms with Crippen LogP contribution >= 0.6 is 11.8 Å². The van der Waals surface area contributed by atoms with Crippen LogP contribution < -0.4 is 0 Å². The van der Waals surface area contributed by atoms with Gasteiger partial charge in [-0.2, -0.15) is 15.5 Å². The summed E-state index contributed by atoms with van der Waals surface area (Å²) < 4.78 is 23.5. The molecular formula is C26H28FN7OS. The van der Waals surface area contributed by atoms with Crippen molar-refractivity contribution in [2.45, 2.75) is 48.7 Å². The SMILES string of the molecule is COC[C@H](C)N1CCC(n2ncc(-c3cc(Sc4ncccc4F)c4c(C#N)cnn4c3)c2C)CC1. The topological polar surface area (TPSA) is 84.3 Å². The minimum absolute atomic E-state index is 0.253. The number of hydrogen-bond donors (Lipinski definition) is 0. The Balaban J connectivity index is 1.47. The van der Waals surface area contributed by atoms with Crippen LogP contribution in [0, 0.1) is 24.1 Å². The Morgan fingerprint density at radius 2 is 2.08 bits per heavy atom. The molecule has 4 aromatic rings. The second-order valence-corrected chi connectivity index (χ2v) is 10.1. The number of hydrogen-bond acceptors (Lipinski definition) is 7. The van der Waals surface area contributed by atoms with Gasteiger partial charge in [-0.15, -0.1) is 0 Å². The van der Waals surface area contributed by atoms with Gasteiger partial charge >= 0.3 is 0 Å². The smallest absolute Gasteiger partial charge is 0.155 e. The summed E-state index contributed by atoms with van der Waals surface area (Å²) in [4.78, 5) is 7.37. The molecule has 1 atom stereocenters. The van der Waals surface area contributed by atoms with Crippen LogP contribution in [0.4, 0.5) is 4.39 Å². The summed E-state index contributed by atoms with van der Waals surface area (Å²) in [7, 11) is 1.75. The van der Waals surface area contributed by atoms with Crippen molar-refractivity contribution in [3.63, 3.8) is 0 Å². The van der Waals surface area contributed by atoms with Crippen molar-refractivity contribution in [2.24, 2.45) is 0 Å². The summed E-state index contributed by atoms with van der Waals surface area (Å²) in [6.45, 7) is 7.05. The molecule has 0 amide bonds. The Morgan fingerprint density at radius 1 is 1.28 bits per heavy atom. The Kier molecular flexibility index (Phi) is 7.05. The van der Waals surface area contributed by atoms with E-state index in [0.717, 1.165) is 49.4 Å². The van der Waals surface area contributed by atoms with E-state index in [9.17, 15) is 9.65 Å². The Morgan fingerprint density at radius 3 is 2.81 bits per heavy atom. The van der Waals surface area contributed by atoms with E-state index in [-0.39, 0.29) is 5.03 Å². The van der Waals surface area contributed by atoms with Gasteiger partial charge in [-0.1, -0.05) is 11.8 Å². The molecular weight excluding hydrogens is 477 g/mol. The van der Waals surface area contributed by atoms with Crippen molar-refractivity contribution in [3.05, 3.63) is 60.1 Å². The van der Waals surface area contributed by atoms with Crippen molar-refractivity contribution in [3.8, 4) is 17.2 Å². The van der Waals surface area contributed by atoms with Gasteiger partial charge < -0.3 is 4.74 Å². The van der Waals surface area contributed by atoms with E-state index in [1.807, 2.05) is 18.5 Å². The molecule has 4 aromatic heterocycles. The number of methoxy groups -OCH3 is 1. The van der Waals surface area contributed by atoms with Gasteiger partial charge in [-0.05, 0) is 44.9 Å². The van der Waals surface area contributed by atoms with Crippen LogP contribution in [0.1, 0.15) is 37.1 Å². The standard InChI is InChI=1S/C26H28FN7OS/c1-17(16-35-3)32-9-6-21(7-10-32)34-18(2)22(14-31-34)19-11-24(36-26-23(27)5-4-8-29-26)25-20(12-28)13-30-33(25)15-19/h4-5,8,11,13-15,17,21H,6-7,9-10,16H2,1-3H3/t17-/m0/s1. The lowest BCUT2D eigenvalue weighted by Crippen LogP contribution is -2.42. The van der Waals surface area contributed by atoms with E-state index in [1.165, 1.54) is 24.0 Å². The van der Waals surface area contributed by atoms with Crippen molar-refractivity contribution >= 4 is 17.3 Å². The third-order valence-electron chi connectivity index (χ3n) is 6.86. The quantitative estimate of drug-likeness (QED) is 0.359. The van der Waals surface area contributed by atoms with Crippen LogP contribution in [0.5, 0.6) is 0 Å². The molecule has 1 aliphatic heterocycles. The Hall–Kier alpha value is -3.26. The van der Waals surface area contributed by atoms with E-state index in [1.54, 1.807) is 23.9 Å². The number of halogens is 1. The van der Waals surface area contributed by atoms with Crippen LogP contribution in [0.25, 0.3) is 16.6 Å². The van der Waals surface area contributed by atoms with Crippen LogP contribution in [-0.4, -0.2) is 62.1 Å². The number of nitrogens with zero attached hydrogens (tertiary/aromatic N) is 7. The lowest BCUT2D eigenvalue weighted by atomic mass is 10.0. The van der Waals surface area contributed by atoms with E-state index < -0.39 is 5.82 Å². The van der Waals surface area contributed by atoms with Gasteiger partial charge in [0.15, 0.2) is 5.82 Å². The van der Waals surface area contributed by atoms with Crippen LogP contribution in [-0.2, 0) is 4.74 Å². The number of fused-ring (bicyclic) bond motifs is 1. The molecule has 0 bridgehead atoms. The fourth-order valence-electron chi connectivity index (χ4n) is 4.93. The Labute approximate surface area is 213 Å². The van der Waals surface area contributed by atoms with E-state index in [4.69, 9.17) is 9.84 Å². The average molecular weight is 506 g/mol. The number of piperidine rings is 1. The van der Waals surface area contributed by atoms with E-state index in [0.29, 0.717) is 28.1 Å². The summed E-state index contributed by atoms with van der Waals surface area (Å²) >= 11 is 1.19. The first-order chi connectivity index (χ1) is 17.5. The van der Waals surface area contributed by atoms with E-state index >= 15 is 0 Å². The molecule has 0 aromatic carbocycles. The summed E-state index contributed by atoms with van der Waals surface area (Å²) in [5.41, 5.74) is 4.04. The largest absolute Gasteiger partial charge is 0.383 e. The molecule has 0 spiro atoms. The van der Waals surface area contributed by atoms with E-state index in [2.05, 4.69) is 39.6 Å². The Bertz CT molecular complexity index is 1420. The van der Waals surface area contributed by atoms with Crippen molar-refractivity contribution in [1.29, 1.82) is 5.26 Å². The minimum Gasteiger partial charge on any atom is -0.383 e. The maximum Gasteiger partial charge on any atom is 0.155 e. The monoisotopic (exact) mass is 505 g/mol. The highest BCUT2D eigenvalue weighted by Crippen LogP contribution is 2.37. The summed E-state index contributed by atoms with van der Waals surface area (Å²) in [6.07, 6.45) is 8.94. The van der Waals surface area contributed by atoms with Gasteiger partial charge in [-0.3, -0.25) is 9.58 Å². The molecule has 8 nitrogen and oxygen atoms in total. The maximum atomic E-state index is 14.4. The highest BCUT2D eigenvalue weighted by Gasteiger charge is 2.26. The predicted molar refractivity (Wildman–Crippen MR) is 135 cm³/mol. The summed E-state index contributed by atoms with van der Waals surface area (Å²) in [6, 6.07) is 7.84. The number of nitriles is 1. The summed E-state index contributed by atoms with van der Waals surface area (Å²) in [5, 5.41) is 19.0.